The Balaban J connectivity index is 1.28. The number of nitrogens with zero attached hydrogens (tertiary/aromatic N) is 2. The number of hydrogen-bond acceptors (Lipinski definition) is 6. The van der Waals surface area contributed by atoms with Gasteiger partial charge in [0.2, 0.25) is 0 Å². The molecule has 8 nitrogen and oxygen atoms in total. The number of para-hydroxylation sites is 2. The molecule has 1 atom stereocenters. The van der Waals surface area contributed by atoms with E-state index in [-0.39, 0.29) is 24.0 Å². The van der Waals surface area contributed by atoms with E-state index in [0.717, 1.165) is 17.1 Å². The van der Waals surface area contributed by atoms with Crippen LogP contribution in [0.25, 0.3) is 0 Å². The van der Waals surface area contributed by atoms with Crippen molar-refractivity contribution in [3.63, 3.8) is 0 Å². The predicted molar refractivity (Wildman–Crippen MR) is 159 cm³/mol. The van der Waals surface area contributed by atoms with Crippen LogP contribution in [0.4, 0.5) is 5.69 Å². The number of anilines is 1. The summed E-state index contributed by atoms with van der Waals surface area (Å²) in [6, 6.07) is 26.2. The zero-order valence-corrected chi connectivity index (χ0v) is 23.2. The first-order valence-electron chi connectivity index (χ1n) is 13.8. The second-order valence-corrected chi connectivity index (χ2v) is 10.2. The quantitative estimate of drug-likeness (QED) is 0.269. The van der Waals surface area contributed by atoms with Gasteiger partial charge in [0.1, 0.15) is 17.6 Å². The first-order valence-corrected chi connectivity index (χ1v) is 13.8. The minimum atomic E-state index is -0.297. The molecule has 0 saturated carbocycles. The van der Waals surface area contributed by atoms with Crippen molar-refractivity contribution in [2.45, 2.75) is 39.0 Å². The fraction of sp³-hybridized carbons (Fsp3) is 0.242. The molecule has 2 amide bonds. The van der Waals surface area contributed by atoms with Crippen LogP contribution in [0.2, 0.25) is 0 Å². The monoisotopic (exact) mass is 550 g/mol. The third-order valence-corrected chi connectivity index (χ3v) is 6.90. The fourth-order valence-corrected chi connectivity index (χ4v) is 4.71. The number of benzene rings is 3. The molecule has 2 N–H and O–H groups in total. The largest absolute Gasteiger partial charge is 0.486 e. The summed E-state index contributed by atoms with van der Waals surface area (Å²) in [5.74, 6) is 1.55. The normalized spacial score (nSPS) is 15.0. The summed E-state index contributed by atoms with van der Waals surface area (Å²) in [4.78, 5) is 32.3. The van der Waals surface area contributed by atoms with Crippen LogP contribution in [0.3, 0.4) is 0 Å². The average molecular weight is 551 g/mol. The highest BCUT2D eigenvalue weighted by atomic mass is 16.5. The zero-order chi connectivity index (χ0) is 28.6. The van der Waals surface area contributed by atoms with Gasteiger partial charge in [-0.3, -0.25) is 14.6 Å². The van der Waals surface area contributed by atoms with Crippen molar-refractivity contribution in [2.75, 3.05) is 18.4 Å². The van der Waals surface area contributed by atoms with Gasteiger partial charge in [0, 0.05) is 50.1 Å². The number of aromatic nitrogens is 1. The maximum atomic E-state index is 13.5. The van der Waals surface area contributed by atoms with Crippen LogP contribution in [-0.2, 0) is 6.54 Å². The van der Waals surface area contributed by atoms with Crippen LogP contribution in [0.1, 0.15) is 46.5 Å². The molecule has 1 aliphatic heterocycles. The molecule has 3 aromatic carbocycles. The van der Waals surface area contributed by atoms with E-state index in [1.54, 1.807) is 42.7 Å². The van der Waals surface area contributed by atoms with Gasteiger partial charge in [-0.1, -0.05) is 36.4 Å². The van der Waals surface area contributed by atoms with Crippen LogP contribution in [-0.4, -0.2) is 46.9 Å². The van der Waals surface area contributed by atoms with Crippen LogP contribution in [0.15, 0.2) is 97.3 Å². The molecule has 1 aliphatic rings. The molecule has 0 aliphatic carbocycles. The van der Waals surface area contributed by atoms with Crippen molar-refractivity contribution in [3.8, 4) is 17.2 Å². The highest BCUT2D eigenvalue weighted by molar-refractivity contribution is 6.07. The number of fused-ring (bicyclic) bond motifs is 1. The van der Waals surface area contributed by atoms with E-state index in [9.17, 15) is 9.59 Å². The van der Waals surface area contributed by atoms with E-state index < -0.39 is 0 Å². The predicted octanol–water partition coefficient (Wildman–Crippen LogP) is 5.92. The Labute approximate surface area is 240 Å². The number of rotatable bonds is 9. The second-order valence-electron chi connectivity index (χ2n) is 10.2. The molecule has 210 valence electrons. The molecule has 0 radical (unpaired) electrons. The Kier molecular flexibility index (Phi) is 8.91. The van der Waals surface area contributed by atoms with E-state index in [4.69, 9.17) is 9.47 Å². The van der Waals surface area contributed by atoms with Gasteiger partial charge in [0.25, 0.3) is 11.8 Å². The fourth-order valence-electron chi connectivity index (χ4n) is 4.71. The van der Waals surface area contributed by atoms with Crippen LogP contribution < -0.4 is 20.1 Å². The molecular weight excluding hydrogens is 516 g/mol. The minimum absolute atomic E-state index is 0.0220. The van der Waals surface area contributed by atoms with E-state index in [1.165, 1.54) is 0 Å². The summed E-state index contributed by atoms with van der Waals surface area (Å²) < 4.78 is 12.4. The van der Waals surface area contributed by atoms with E-state index in [1.807, 2.05) is 73.3 Å². The summed E-state index contributed by atoms with van der Waals surface area (Å²) >= 11 is 0. The maximum Gasteiger partial charge on any atom is 0.257 e. The smallest absolute Gasteiger partial charge is 0.257 e. The molecule has 41 heavy (non-hydrogen) atoms. The van der Waals surface area contributed by atoms with Crippen molar-refractivity contribution in [2.24, 2.45) is 0 Å². The van der Waals surface area contributed by atoms with Crippen LogP contribution >= 0.6 is 0 Å². The highest BCUT2D eigenvalue weighted by Gasteiger charge is 2.29. The molecule has 0 spiro atoms. The molecular formula is C33H34N4O4. The Bertz CT molecular complexity index is 1460. The van der Waals surface area contributed by atoms with Crippen molar-refractivity contribution in [3.05, 3.63) is 114 Å². The number of nitrogens with one attached hydrogen (secondary N) is 2. The standard InChI is InChI=1S/C33H34N4O4/c1-23(2)37-20-17-28(22-35-21-24-11-13-27(14-12-24)40-26-7-4-3-5-8-26)41-31-29(33(37)39)9-6-10-30(31)36-32(38)25-15-18-34-19-16-25/h3-16,18-19,23,28,35H,17,20-22H2,1-2H3,(H,36,38). The number of carbonyl (C=O) groups excluding carboxylic acids is 2. The number of carbonyl (C=O) groups is 2. The molecule has 0 bridgehead atoms. The van der Waals surface area contributed by atoms with Crippen molar-refractivity contribution >= 4 is 17.5 Å². The van der Waals surface area contributed by atoms with Gasteiger partial charge >= 0.3 is 0 Å². The van der Waals surface area contributed by atoms with E-state index in [0.29, 0.717) is 48.6 Å². The number of amides is 2. The van der Waals surface area contributed by atoms with Gasteiger partial charge in [-0.15, -0.1) is 0 Å². The van der Waals surface area contributed by atoms with Gasteiger partial charge in [0.15, 0.2) is 5.75 Å². The lowest BCUT2D eigenvalue weighted by atomic mass is 10.1. The molecule has 8 heteroatoms. The summed E-state index contributed by atoms with van der Waals surface area (Å²) in [7, 11) is 0. The average Bonchev–Trinajstić information content (AvgIpc) is 2.98. The van der Waals surface area contributed by atoms with Gasteiger partial charge in [-0.2, -0.15) is 0 Å². The van der Waals surface area contributed by atoms with Gasteiger partial charge < -0.3 is 25.0 Å². The van der Waals surface area contributed by atoms with Crippen molar-refractivity contribution in [1.82, 2.24) is 15.2 Å². The molecule has 0 saturated heterocycles. The molecule has 2 heterocycles. The number of hydrogen-bond donors (Lipinski definition) is 2. The topological polar surface area (TPSA) is 92.8 Å². The highest BCUT2D eigenvalue weighted by Crippen LogP contribution is 2.34. The van der Waals surface area contributed by atoms with E-state index >= 15 is 0 Å². The van der Waals surface area contributed by atoms with Crippen LogP contribution in [0, 0.1) is 0 Å². The van der Waals surface area contributed by atoms with Crippen molar-refractivity contribution < 1.29 is 19.1 Å². The third kappa shape index (κ3) is 7.10. The molecule has 1 aromatic heterocycles. The maximum absolute atomic E-state index is 13.5. The van der Waals surface area contributed by atoms with Crippen molar-refractivity contribution in [1.29, 1.82) is 0 Å². The van der Waals surface area contributed by atoms with Gasteiger partial charge in [0.05, 0.1) is 11.3 Å². The molecule has 1 unspecified atom stereocenters. The summed E-state index contributed by atoms with van der Waals surface area (Å²) in [6.45, 7) is 5.79. The SMILES string of the molecule is CC(C)N1CCC(CNCc2ccc(Oc3ccccc3)cc2)Oc2c(NC(=O)c3ccncc3)cccc2C1=O. The Morgan fingerprint density at radius 3 is 2.44 bits per heavy atom. The van der Waals surface area contributed by atoms with Crippen LogP contribution in [0.5, 0.6) is 17.2 Å². The Morgan fingerprint density at radius 2 is 1.71 bits per heavy atom. The van der Waals surface area contributed by atoms with Gasteiger partial charge in [-0.25, -0.2) is 0 Å². The molecule has 5 rings (SSSR count). The summed E-state index contributed by atoms with van der Waals surface area (Å²) in [5, 5.41) is 6.43. The summed E-state index contributed by atoms with van der Waals surface area (Å²) in [5.41, 5.74) is 2.48. The summed E-state index contributed by atoms with van der Waals surface area (Å²) in [6.07, 6.45) is 3.56. The minimum Gasteiger partial charge on any atom is -0.486 e. The molecule has 0 fully saturated rings. The molecule has 4 aromatic rings. The lowest BCUT2D eigenvalue weighted by Crippen LogP contribution is -2.43. The first-order chi connectivity index (χ1) is 20.0. The number of ether oxygens (including phenoxy) is 2. The second kappa shape index (κ2) is 13.1. The Hall–Kier alpha value is -4.69. The lowest BCUT2D eigenvalue weighted by molar-refractivity contribution is 0.0628. The lowest BCUT2D eigenvalue weighted by Gasteiger charge is -2.33. The first kappa shape index (κ1) is 27.9. The number of pyridine rings is 1. The van der Waals surface area contributed by atoms with E-state index in [2.05, 4.69) is 15.6 Å². The Morgan fingerprint density at radius 1 is 0.976 bits per heavy atom. The third-order valence-electron chi connectivity index (χ3n) is 6.90. The zero-order valence-electron chi connectivity index (χ0n) is 23.2. The van der Waals surface area contributed by atoms with Gasteiger partial charge in [-0.05, 0) is 67.9 Å².